The summed E-state index contributed by atoms with van der Waals surface area (Å²) in [6.45, 7) is 6.35. The molecule has 0 heterocycles. The van der Waals surface area contributed by atoms with Crippen molar-refractivity contribution >= 4 is 17.6 Å². The Morgan fingerprint density at radius 1 is 1.21 bits per heavy atom. The summed E-state index contributed by atoms with van der Waals surface area (Å²) in [5.41, 5.74) is 3.92. The molecule has 2 rings (SSSR count). The first-order valence-corrected chi connectivity index (χ1v) is 9.64. The minimum Gasteiger partial charge on any atom is -0.481 e. The van der Waals surface area contributed by atoms with Crippen LogP contribution in [0, 0.1) is 13.8 Å². The predicted molar refractivity (Wildman–Crippen MR) is 111 cm³/mol. The molecule has 2 aromatic rings. The Hall–Kier alpha value is -2.08. The number of hydrogen-bond acceptors (Lipinski definition) is 5. The number of benzene rings is 2. The van der Waals surface area contributed by atoms with Gasteiger partial charge in [0, 0.05) is 17.6 Å². The van der Waals surface area contributed by atoms with Gasteiger partial charge in [-0.25, -0.2) is 4.79 Å². The molecule has 0 bridgehead atoms. The average molecular weight is 406 g/mol. The maximum Gasteiger partial charge on any atom is 0.343 e. The van der Waals surface area contributed by atoms with E-state index in [0.717, 1.165) is 28.7 Å². The summed E-state index contributed by atoms with van der Waals surface area (Å²) >= 11 is 5.98. The highest BCUT2D eigenvalue weighted by Crippen LogP contribution is 2.25. The van der Waals surface area contributed by atoms with Gasteiger partial charge in [0.25, 0.3) is 0 Å². The molecule has 6 heteroatoms. The number of carbonyl (C=O) groups is 1. The molecular formula is C22H28ClNO4. The number of methoxy groups -OCH3 is 1. The van der Waals surface area contributed by atoms with E-state index in [0.29, 0.717) is 17.3 Å². The number of esters is 1. The van der Waals surface area contributed by atoms with Crippen LogP contribution in [0.3, 0.4) is 0 Å². The molecule has 2 unspecified atom stereocenters. The van der Waals surface area contributed by atoms with Crippen molar-refractivity contribution in [2.45, 2.75) is 39.3 Å². The molecule has 2 N–H and O–H groups in total. The van der Waals surface area contributed by atoms with Gasteiger partial charge in [-0.15, -0.1) is 0 Å². The summed E-state index contributed by atoms with van der Waals surface area (Å²) in [4.78, 5) is 11.3. The zero-order chi connectivity index (χ0) is 20.7. The molecular weight excluding hydrogens is 378 g/mol. The van der Waals surface area contributed by atoms with Gasteiger partial charge in [0.2, 0.25) is 0 Å². The van der Waals surface area contributed by atoms with Crippen molar-refractivity contribution in [3.05, 3.63) is 63.7 Å². The Morgan fingerprint density at radius 2 is 1.89 bits per heavy atom. The van der Waals surface area contributed by atoms with E-state index in [1.54, 1.807) is 12.1 Å². The first-order chi connectivity index (χ1) is 13.3. The van der Waals surface area contributed by atoms with Crippen LogP contribution < -0.4 is 10.1 Å². The maximum atomic E-state index is 11.3. The van der Waals surface area contributed by atoms with Crippen molar-refractivity contribution in [3.8, 4) is 5.75 Å². The minimum absolute atomic E-state index is 0.100. The molecule has 0 saturated carbocycles. The number of aliphatic hydroxyl groups excluding tert-OH is 1. The Morgan fingerprint density at radius 3 is 2.50 bits per heavy atom. The van der Waals surface area contributed by atoms with E-state index in [2.05, 4.69) is 29.1 Å². The van der Waals surface area contributed by atoms with Crippen molar-refractivity contribution in [1.29, 1.82) is 0 Å². The number of carbonyl (C=O) groups excluding carboxylic acids is 1. The van der Waals surface area contributed by atoms with E-state index in [4.69, 9.17) is 16.3 Å². The fraction of sp³-hybridized carbons (Fsp3) is 0.409. The number of nitrogens with one attached hydrogen (secondary N) is 1. The number of ether oxygens (including phenoxy) is 2. The quantitative estimate of drug-likeness (QED) is 0.622. The molecule has 0 amide bonds. The molecule has 0 radical (unpaired) electrons. The lowest BCUT2D eigenvalue weighted by Crippen LogP contribution is -2.32. The highest BCUT2D eigenvalue weighted by atomic mass is 35.5. The highest BCUT2D eigenvalue weighted by Gasteiger charge is 2.13. The van der Waals surface area contributed by atoms with Crippen molar-refractivity contribution < 1.29 is 19.4 Å². The Balaban J connectivity index is 1.92. The molecule has 28 heavy (non-hydrogen) atoms. The molecule has 0 aliphatic rings. The summed E-state index contributed by atoms with van der Waals surface area (Å²) in [7, 11) is 1.34. The summed E-state index contributed by atoms with van der Waals surface area (Å²) in [5.74, 6) is 0.310. The zero-order valence-corrected chi connectivity index (χ0v) is 17.5. The monoisotopic (exact) mass is 405 g/mol. The zero-order valence-electron chi connectivity index (χ0n) is 16.8. The molecule has 0 aliphatic heterocycles. The lowest BCUT2D eigenvalue weighted by molar-refractivity contribution is -0.142. The molecule has 0 fully saturated rings. The Bertz CT molecular complexity index is 786. The topological polar surface area (TPSA) is 67.8 Å². The molecule has 0 spiro atoms. The lowest BCUT2D eigenvalue weighted by atomic mass is 10.0. The normalized spacial score (nSPS) is 13.1. The van der Waals surface area contributed by atoms with Gasteiger partial charge in [-0.05, 0) is 61.6 Å². The molecule has 0 aromatic heterocycles. The fourth-order valence-electron chi connectivity index (χ4n) is 3.15. The van der Waals surface area contributed by atoms with Crippen LogP contribution >= 0.6 is 11.6 Å². The Labute approximate surface area is 171 Å². The van der Waals surface area contributed by atoms with Gasteiger partial charge >= 0.3 is 5.97 Å². The van der Waals surface area contributed by atoms with Crippen LogP contribution in [0.25, 0.3) is 0 Å². The van der Waals surface area contributed by atoms with Crippen LogP contribution in [0.1, 0.15) is 35.3 Å². The molecule has 0 aliphatic carbocycles. The minimum atomic E-state index is -0.612. The van der Waals surface area contributed by atoms with Crippen LogP contribution in [0.2, 0.25) is 5.02 Å². The van der Waals surface area contributed by atoms with E-state index in [-0.39, 0.29) is 12.6 Å². The van der Waals surface area contributed by atoms with E-state index < -0.39 is 12.1 Å². The van der Waals surface area contributed by atoms with Gasteiger partial charge in [0.1, 0.15) is 5.75 Å². The van der Waals surface area contributed by atoms with Crippen LogP contribution in [-0.4, -0.2) is 37.4 Å². The SMILES string of the molecule is COC(=O)COc1c(C)cc(CC(C)NCC(O)c2cccc(Cl)c2)cc1C. The average Bonchev–Trinajstić information content (AvgIpc) is 2.65. The third-order valence-electron chi connectivity index (χ3n) is 4.52. The van der Waals surface area contributed by atoms with E-state index >= 15 is 0 Å². The number of aryl methyl sites for hydroxylation is 2. The van der Waals surface area contributed by atoms with Gasteiger partial charge in [-0.3, -0.25) is 0 Å². The summed E-state index contributed by atoms with van der Waals surface area (Å²) in [6.07, 6.45) is 0.194. The molecule has 2 atom stereocenters. The number of aliphatic hydroxyl groups is 1. The second-order valence-corrected chi connectivity index (χ2v) is 7.44. The molecule has 152 valence electrons. The van der Waals surface area contributed by atoms with Crippen LogP contribution in [0.15, 0.2) is 36.4 Å². The molecule has 2 aromatic carbocycles. The first kappa shape index (κ1) is 22.2. The third kappa shape index (κ3) is 6.51. The smallest absolute Gasteiger partial charge is 0.343 e. The van der Waals surface area contributed by atoms with E-state index in [1.807, 2.05) is 26.0 Å². The number of halogens is 1. The van der Waals surface area contributed by atoms with Crippen LogP contribution in [-0.2, 0) is 16.0 Å². The van der Waals surface area contributed by atoms with Crippen molar-refractivity contribution in [2.75, 3.05) is 20.3 Å². The molecule has 5 nitrogen and oxygen atoms in total. The highest BCUT2D eigenvalue weighted by molar-refractivity contribution is 6.30. The van der Waals surface area contributed by atoms with Gasteiger partial charge in [0.15, 0.2) is 6.61 Å². The lowest BCUT2D eigenvalue weighted by Gasteiger charge is -2.19. The van der Waals surface area contributed by atoms with Crippen molar-refractivity contribution in [2.24, 2.45) is 0 Å². The maximum absolute atomic E-state index is 11.3. The largest absolute Gasteiger partial charge is 0.481 e. The van der Waals surface area contributed by atoms with E-state index in [1.165, 1.54) is 7.11 Å². The van der Waals surface area contributed by atoms with Gasteiger partial charge in [-0.2, -0.15) is 0 Å². The number of rotatable bonds is 9. The fourth-order valence-corrected chi connectivity index (χ4v) is 3.34. The third-order valence-corrected chi connectivity index (χ3v) is 4.75. The van der Waals surface area contributed by atoms with Crippen molar-refractivity contribution in [1.82, 2.24) is 5.32 Å². The van der Waals surface area contributed by atoms with Gasteiger partial charge in [0.05, 0.1) is 13.2 Å². The summed E-state index contributed by atoms with van der Waals surface area (Å²) in [5, 5.41) is 14.3. The van der Waals surface area contributed by atoms with Crippen LogP contribution in [0.5, 0.6) is 5.75 Å². The van der Waals surface area contributed by atoms with Gasteiger partial charge in [-0.1, -0.05) is 35.9 Å². The standard InChI is InChI=1S/C22H28ClNO4/c1-14-8-17(9-15(2)22(14)28-13-21(26)27-4)10-16(3)24-12-20(25)18-6-5-7-19(23)11-18/h5-9,11,16,20,24-25H,10,12-13H2,1-4H3. The first-order valence-electron chi connectivity index (χ1n) is 9.26. The second kappa shape index (κ2) is 10.5. The second-order valence-electron chi connectivity index (χ2n) is 7.01. The van der Waals surface area contributed by atoms with Crippen molar-refractivity contribution in [3.63, 3.8) is 0 Å². The number of hydrogen-bond donors (Lipinski definition) is 2. The van der Waals surface area contributed by atoms with Crippen LogP contribution in [0.4, 0.5) is 0 Å². The molecule has 0 saturated heterocycles. The summed E-state index contributed by atoms with van der Waals surface area (Å²) < 4.78 is 10.2. The van der Waals surface area contributed by atoms with Gasteiger partial charge < -0.3 is 19.9 Å². The predicted octanol–water partition coefficient (Wildman–Crippen LogP) is 3.76. The Kier molecular flexibility index (Phi) is 8.30. The van der Waals surface area contributed by atoms with E-state index in [9.17, 15) is 9.90 Å². The summed E-state index contributed by atoms with van der Waals surface area (Å²) in [6, 6.07) is 11.6.